The summed E-state index contributed by atoms with van der Waals surface area (Å²) in [7, 11) is 0. The van der Waals surface area contributed by atoms with Crippen LogP contribution >= 0.6 is 0 Å². The second kappa shape index (κ2) is 6.26. The van der Waals surface area contributed by atoms with Gasteiger partial charge in [0.2, 0.25) is 6.29 Å². The molecule has 0 aliphatic carbocycles. The van der Waals surface area contributed by atoms with Crippen LogP contribution < -0.4 is 10.4 Å². The van der Waals surface area contributed by atoms with Crippen molar-refractivity contribution in [1.82, 2.24) is 0 Å². The smallest absolute Gasteiger partial charge is 0.336 e. The minimum atomic E-state index is -1.52. The highest BCUT2D eigenvalue weighted by molar-refractivity contribution is 5.77. The molecule has 0 spiro atoms. The first kappa shape index (κ1) is 15.9. The Kier molecular flexibility index (Phi) is 4.33. The highest BCUT2D eigenvalue weighted by Crippen LogP contribution is 2.26. The summed E-state index contributed by atoms with van der Waals surface area (Å²) in [6.07, 6.45) is -6.84. The van der Waals surface area contributed by atoms with Crippen LogP contribution in [-0.2, 0) is 4.74 Å². The molecule has 0 saturated carbocycles. The molecular formula is C15H16O8. The van der Waals surface area contributed by atoms with Crippen LogP contribution in [0.5, 0.6) is 5.75 Å². The second-order valence-electron chi connectivity index (χ2n) is 5.27. The largest absolute Gasteiger partial charge is 0.462 e. The number of ether oxygens (including phenoxy) is 2. The van der Waals surface area contributed by atoms with E-state index >= 15 is 0 Å². The van der Waals surface area contributed by atoms with Gasteiger partial charge >= 0.3 is 5.63 Å². The van der Waals surface area contributed by atoms with Crippen molar-refractivity contribution in [2.24, 2.45) is 0 Å². The summed E-state index contributed by atoms with van der Waals surface area (Å²) < 4.78 is 15.7. The van der Waals surface area contributed by atoms with Crippen molar-refractivity contribution in [3.63, 3.8) is 0 Å². The van der Waals surface area contributed by atoms with Gasteiger partial charge in [0.1, 0.15) is 35.7 Å². The van der Waals surface area contributed by atoms with Crippen LogP contribution in [0, 0.1) is 0 Å². The van der Waals surface area contributed by atoms with Gasteiger partial charge in [-0.15, -0.1) is 0 Å². The van der Waals surface area contributed by atoms with Crippen molar-refractivity contribution in [2.75, 3.05) is 6.61 Å². The van der Waals surface area contributed by atoms with Crippen LogP contribution in [-0.4, -0.2) is 57.7 Å². The lowest BCUT2D eigenvalue weighted by molar-refractivity contribution is -0.277. The number of aliphatic hydroxyl groups is 4. The molecule has 1 aromatic heterocycles. The lowest BCUT2D eigenvalue weighted by atomic mass is 9.99. The Bertz CT molecular complexity index is 740. The molecule has 23 heavy (non-hydrogen) atoms. The molecule has 1 saturated heterocycles. The van der Waals surface area contributed by atoms with Gasteiger partial charge in [-0.1, -0.05) is 0 Å². The van der Waals surface area contributed by atoms with Crippen LogP contribution in [0.25, 0.3) is 11.0 Å². The van der Waals surface area contributed by atoms with E-state index in [0.29, 0.717) is 11.0 Å². The lowest BCUT2D eigenvalue weighted by Crippen LogP contribution is -2.60. The van der Waals surface area contributed by atoms with Crippen LogP contribution in [0.3, 0.4) is 0 Å². The van der Waals surface area contributed by atoms with Gasteiger partial charge in [-0.2, -0.15) is 0 Å². The van der Waals surface area contributed by atoms with E-state index in [-0.39, 0.29) is 5.75 Å². The van der Waals surface area contributed by atoms with E-state index in [2.05, 4.69) is 0 Å². The standard InChI is InChI=1S/C15H16O8/c16-6-10-12(18)13(19)14(20)15(23-10)21-8-3-1-7-2-4-11(17)22-9(7)5-8/h1-5,10,12-16,18-20H,6H2/t10-,12-,13+,14-,15+/m0/s1. The van der Waals surface area contributed by atoms with Crippen molar-refractivity contribution in [3.8, 4) is 5.75 Å². The van der Waals surface area contributed by atoms with Gasteiger partial charge in [-0.25, -0.2) is 4.79 Å². The zero-order chi connectivity index (χ0) is 16.6. The summed E-state index contributed by atoms with van der Waals surface area (Å²) in [5.74, 6) is 0.233. The number of rotatable bonds is 3. The van der Waals surface area contributed by atoms with E-state index < -0.39 is 42.9 Å². The molecule has 1 aliphatic rings. The molecule has 1 aromatic carbocycles. The molecule has 0 bridgehead atoms. The molecule has 8 nitrogen and oxygen atoms in total. The number of hydrogen-bond donors (Lipinski definition) is 4. The Hall–Kier alpha value is -1.97. The summed E-state index contributed by atoms with van der Waals surface area (Å²) in [5, 5.41) is 39.2. The fraction of sp³-hybridized carbons (Fsp3) is 0.400. The third-order valence-corrected chi connectivity index (χ3v) is 3.70. The average Bonchev–Trinajstić information content (AvgIpc) is 2.55. The lowest BCUT2D eigenvalue weighted by Gasteiger charge is -2.39. The van der Waals surface area contributed by atoms with Crippen molar-refractivity contribution in [3.05, 3.63) is 40.8 Å². The Morgan fingerprint density at radius 3 is 2.52 bits per heavy atom. The molecular weight excluding hydrogens is 308 g/mol. The van der Waals surface area contributed by atoms with Crippen molar-refractivity contribution in [2.45, 2.75) is 30.7 Å². The van der Waals surface area contributed by atoms with E-state index in [1.54, 1.807) is 18.2 Å². The number of fused-ring (bicyclic) bond motifs is 1. The van der Waals surface area contributed by atoms with Crippen molar-refractivity contribution >= 4 is 11.0 Å². The summed E-state index contributed by atoms with van der Waals surface area (Å²) in [4.78, 5) is 11.2. The summed E-state index contributed by atoms with van der Waals surface area (Å²) in [6, 6.07) is 7.55. The predicted octanol–water partition coefficient (Wildman–Crippen LogP) is -1.03. The third kappa shape index (κ3) is 3.07. The molecule has 3 rings (SSSR count). The Balaban J connectivity index is 1.84. The van der Waals surface area contributed by atoms with Gasteiger partial charge in [0.05, 0.1) is 6.61 Å². The number of benzene rings is 1. The molecule has 5 atom stereocenters. The molecule has 1 fully saturated rings. The van der Waals surface area contributed by atoms with E-state index in [9.17, 15) is 20.1 Å². The molecule has 8 heteroatoms. The maximum Gasteiger partial charge on any atom is 0.336 e. The molecule has 0 radical (unpaired) electrons. The highest BCUT2D eigenvalue weighted by Gasteiger charge is 2.44. The fourth-order valence-corrected chi connectivity index (χ4v) is 2.41. The van der Waals surface area contributed by atoms with Crippen molar-refractivity contribution in [1.29, 1.82) is 0 Å². The van der Waals surface area contributed by atoms with E-state index in [0.717, 1.165) is 0 Å². The van der Waals surface area contributed by atoms with Gasteiger partial charge in [-0.05, 0) is 18.2 Å². The first-order valence-corrected chi connectivity index (χ1v) is 7.00. The van der Waals surface area contributed by atoms with Crippen LogP contribution in [0.15, 0.2) is 39.5 Å². The average molecular weight is 324 g/mol. The predicted molar refractivity (Wildman–Crippen MR) is 76.9 cm³/mol. The second-order valence-corrected chi connectivity index (χ2v) is 5.27. The van der Waals surface area contributed by atoms with Gasteiger partial charge in [0, 0.05) is 17.5 Å². The highest BCUT2D eigenvalue weighted by atomic mass is 16.7. The van der Waals surface area contributed by atoms with E-state index in [4.69, 9.17) is 19.0 Å². The zero-order valence-corrected chi connectivity index (χ0v) is 11.9. The maximum atomic E-state index is 11.2. The minimum absolute atomic E-state index is 0.233. The summed E-state index contributed by atoms with van der Waals surface area (Å²) in [6.45, 7) is -0.544. The van der Waals surface area contributed by atoms with Crippen LogP contribution in [0.1, 0.15) is 0 Å². The van der Waals surface area contributed by atoms with Gasteiger partial charge < -0.3 is 34.3 Å². The van der Waals surface area contributed by atoms with E-state index in [1.807, 2.05) is 0 Å². The molecule has 0 amide bonds. The third-order valence-electron chi connectivity index (χ3n) is 3.70. The monoisotopic (exact) mass is 324 g/mol. The quantitative estimate of drug-likeness (QED) is 0.528. The van der Waals surface area contributed by atoms with Crippen molar-refractivity contribution < 1.29 is 34.3 Å². The fourth-order valence-electron chi connectivity index (χ4n) is 2.41. The SMILES string of the molecule is O=c1ccc2ccc(O[C@@H]3O[C@@H](CO)[C@H](O)[C@@H](O)[C@@H]3O)cc2o1. The molecule has 124 valence electrons. The van der Waals surface area contributed by atoms with Crippen LogP contribution in [0.2, 0.25) is 0 Å². The molecule has 0 unspecified atom stereocenters. The molecule has 2 heterocycles. The first-order chi connectivity index (χ1) is 11.0. The zero-order valence-electron chi connectivity index (χ0n) is 11.9. The van der Waals surface area contributed by atoms with Gasteiger partial charge in [0.15, 0.2) is 0 Å². The van der Waals surface area contributed by atoms with Gasteiger partial charge in [-0.3, -0.25) is 0 Å². The van der Waals surface area contributed by atoms with E-state index in [1.165, 1.54) is 12.1 Å². The van der Waals surface area contributed by atoms with Crippen LogP contribution in [0.4, 0.5) is 0 Å². The first-order valence-electron chi connectivity index (χ1n) is 7.00. The molecule has 2 aromatic rings. The Labute approximate surface area is 130 Å². The Morgan fingerprint density at radius 2 is 1.78 bits per heavy atom. The Morgan fingerprint density at radius 1 is 1.04 bits per heavy atom. The number of aliphatic hydroxyl groups excluding tert-OH is 4. The normalized spacial score (nSPS) is 31.2. The van der Waals surface area contributed by atoms with Gasteiger partial charge in [0.25, 0.3) is 0 Å². The summed E-state index contributed by atoms with van der Waals surface area (Å²) >= 11 is 0. The molecule has 1 aliphatic heterocycles. The summed E-state index contributed by atoms with van der Waals surface area (Å²) in [5.41, 5.74) is -0.220. The molecule has 4 N–H and O–H groups in total. The number of hydrogen-bond acceptors (Lipinski definition) is 8. The topological polar surface area (TPSA) is 130 Å². The minimum Gasteiger partial charge on any atom is -0.462 e. The maximum absolute atomic E-state index is 11.2.